The smallest absolute Gasteiger partial charge is 0.341 e. The monoisotopic (exact) mass is 431 g/mol. The number of carboxylic acid groups (broad SMARTS) is 1. The zero-order chi connectivity index (χ0) is 21.0. The van der Waals surface area contributed by atoms with Crippen molar-refractivity contribution >= 4 is 33.0 Å². The quantitative estimate of drug-likeness (QED) is 0.539. The van der Waals surface area contributed by atoms with E-state index in [9.17, 15) is 13.2 Å². The Morgan fingerprint density at radius 2 is 1.55 bits per heavy atom. The second-order valence-electron chi connectivity index (χ2n) is 6.64. The zero-order valence-electron chi connectivity index (χ0n) is 16.0. The molecule has 1 heterocycles. The van der Waals surface area contributed by atoms with Crippen LogP contribution in [0, 0.1) is 0 Å². The van der Waals surface area contributed by atoms with Crippen LogP contribution in [0.15, 0.2) is 60.0 Å². The van der Waals surface area contributed by atoms with Crippen LogP contribution in [0.3, 0.4) is 0 Å². The molecule has 0 aliphatic heterocycles. The molecule has 29 heavy (non-hydrogen) atoms. The van der Waals surface area contributed by atoms with Gasteiger partial charge in [-0.25, -0.2) is 13.2 Å². The predicted molar refractivity (Wildman–Crippen MR) is 116 cm³/mol. The summed E-state index contributed by atoms with van der Waals surface area (Å²) >= 11 is 1.48. The molecule has 0 amide bonds. The number of carbonyl (C=O) groups is 1. The van der Waals surface area contributed by atoms with Crippen molar-refractivity contribution in [1.29, 1.82) is 0 Å². The lowest BCUT2D eigenvalue weighted by molar-refractivity contribution is -0.139. The molecular formula is C21H21NO5S2. The molecule has 0 atom stereocenters. The number of anilines is 1. The van der Waals surface area contributed by atoms with E-state index in [0.717, 1.165) is 21.6 Å². The Balaban J connectivity index is 1.78. The first-order valence-corrected chi connectivity index (χ1v) is 11.3. The molecule has 0 unspecified atom stereocenters. The zero-order valence-corrected chi connectivity index (χ0v) is 17.6. The van der Waals surface area contributed by atoms with Crippen LogP contribution in [0.2, 0.25) is 0 Å². The van der Waals surface area contributed by atoms with E-state index in [0.29, 0.717) is 11.4 Å². The van der Waals surface area contributed by atoms with Crippen molar-refractivity contribution in [2.24, 2.45) is 0 Å². The highest BCUT2D eigenvalue weighted by Gasteiger charge is 2.18. The standard InChI is InChI=1S/C21H21NO5S2/c1-14(2)29(25,26)22-19-11-12-28-21(19)17-5-3-15(4-6-17)16-7-9-18(10-8-16)27-13-20(23)24/h3-12,14,22H,13H2,1-2H3,(H,23,24). The number of rotatable bonds is 8. The van der Waals surface area contributed by atoms with E-state index >= 15 is 0 Å². The fourth-order valence-electron chi connectivity index (χ4n) is 2.59. The van der Waals surface area contributed by atoms with Gasteiger partial charge in [-0.3, -0.25) is 4.72 Å². The molecule has 3 aromatic rings. The van der Waals surface area contributed by atoms with Crippen molar-refractivity contribution < 1.29 is 23.1 Å². The predicted octanol–water partition coefficient (Wildman–Crippen LogP) is 4.70. The molecule has 2 aromatic carbocycles. The SMILES string of the molecule is CC(C)S(=O)(=O)Nc1ccsc1-c1ccc(-c2ccc(OCC(=O)O)cc2)cc1. The molecular weight excluding hydrogens is 410 g/mol. The summed E-state index contributed by atoms with van der Waals surface area (Å²) in [7, 11) is -3.41. The van der Waals surface area contributed by atoms with Gasteiger partial charge in [0, 0.05) is 0 Å². The van der Waals surface area contributed by atoms with Gasteiger partial charge in [0.15, 0.2) is 6.61 Å². The number of thiophene rings is 1. The molecule has 3 rings (SSSR count). The van der Waals surface area contributed by atoms with Gasteiger partial charge >= 0.3 is 5.97 Å². The van der Waals surface area contributed by atoms with Gasteiger partial charge < -0.3 is 9.84 Å². The number of nitrogens with one attached hydrogen (secondary N) is 1. The summed E-state index contributed by atoms with van der Waals surface area (Å²) in [5, 5.41) is 10.0. The highest BCUT2D eigenvalue weighted by atomic mass is 32.2. The summed E-state index contributed by atoms with van der Waals surface area (Å²) in [5.41, 5.74) is 3.45. The molecule has 0 bridgehead atoms. The molecule has 0 fully saturated rings. The molecule has 1 aromatic heterocycles. The first-order chi connectivity index (χ1) is 13.8. The summed E-state index contributed by atoms with van der Waals surface area (Å²) in [6.45, 7) is 2.90. The van der Waals surface area contributed by atoms with Crippen LogP contribution < -0.4 is 9.46 Å². The largest absolute Gasteiger partial charge is 0.482 e. The van der Waals surface area contributed by atoms with Crippen LogP contribution in [0.4, 0.5) is 5.69 Å². The summed E-state index contributed by atoms with van der Waals surface area (Å²) < 4.78 is 32.2. The van der Waals surface area contributed by atoms with Crippen LogP contribution in [0.5, 0.6) is 5.75 Å². The highest BCUT2D eigenvalue weighted by molar-refractivity contribution is 7.93. The molecule has 0 saturated heterocycles. The highest BCUT2D eigenvalue weighted by Crippen LogP contribution is 2.35. The topological polar surface area (TPSA) is 92.7 Å². The lowest BCUT2D eigenvalue weighted by Crippen LogP contribution is -2.22. The molecule has 2 N–H and O–H groups in total. The Morgan fingerprint density at radius 3 is 2.10 bits per heavy atom. The van der Waals surface area contributed by atoms with Crippen LogP contribution in [0.25, 0.3) is 21.6 Å². The number of ether oxygens (including phenoxy) is 1. The molecule has 0 aliphatic carbocycles. The molecule has 0 aliphatic rings. The Hall–Kier alpha value is -2.84. The second kappa shape index (κ2) is 8.67. The Kier molecular flexibility index (Phi) is 6.24. The fourth-order valence-corrected chi connectivity index (χ4v) is 4.22. The van der Waals surface area contributed by atoms with Gasteiger partial charge in [-0.1, -0.05) is 36.4 Å². The minimum atomic E-state index is -3.41. The molecule has 0 radical (unpaired) electrons. The van der Waals surface area contributed by atoms with E-state index in [1.54, 1.807) is 32.0 Å². The number of aliphatic carboxylic acids is 1. The summed E-state index contributed by atoms with van der Waals surface area (Å²) in [6, 6.07) is 16.8. The number of carboxylic acids is 1. The van der Waals surface area contributed by atoms with Crippen LogP contribution in [-0.4, -0.2) is 31.4 Å². The number of hydrogen-bond donors (Lipinski definition) is 2. The maximum absolute atomic E-state index is 12.2. The molecule has 0 saturated carbocycles. The van der Waals surface area contributed by atoms with Gasteiger partial charge in [-0.15, -0.1) is 11.3 Å². The van der Waals surface area contributed by atoms with Crippen molar-refractivity contribution in [2.45, 2.75) is 19.1 Å². The van der Waals surface area contributed by atoms with Crippen molar-refractivity contribution in [3.8, 4) is 27.3 Å². The van der Waals surface area contributed by atoms with Gasteiger partial charge in [-0.2, -0.15) is 0 Å². The molecule has 0 spiro atoms. The van der Waals surface area contributed by atoms with Gasteiger partial charge in [0.25, 0.3) is 0 Å². The van der Waals surface area contributed by atoms with E-state index < -0.39 is 21.2 Å². The Bertz CT molecular complexity index is 1080. The maximum atomic E-state index is 12.2. The molecule has 6 nitrogen and oxygen atoms in total. The Morgan fingerprint density at radius 1 is 1.00 bits per heavy atom. The minimum Gasteiger partial charge on any atom is -0.482 e. The first kappa shape index (κ1) is 20.9. The van der Waals surface area contributed by atoms with E-state index in [1.165, 1.54) is 11.3 Å². The number of benzene rings is 2. The lowest BCUT2D eigenvalue weighted by Gasteiger charge is -2.12. The van der Waals surface area contributed by atoms with E-state index in [4.69, 9.17) is 9.84 Å². The van der Waals surface area contributed by atoms with Crippen molar-refractivity contribution in [2.75, 3.05) is 11.3 Å². The van der Waals surface area contributed by atoms with Crippen LogP contribution in [-0.2, 0) is 14.8 Å². The van der Waals surface area contributed by atoms with Crippen molar-refractivity contribution in [1.82, 2.24) is 0 Å². The van der Waals surface area contributed by atoms with Crippen molar-refractivity contribution in [3.05, 3.63) is 60.0 Å². The minimum absolute atomic E-state index is 0.377. The third kappa shape index (κ3) is 5.16. The third-order valence-corrected chi connectivity index (χ3v) is 6.94. The van der Waals surface area contributed by atoms with Gasteiger partial charge in [0.05, 0.1) is 15.8 Å². The molecule has 152 valence electrons. The van der Waals surface area contributed by atoms with Gasteiger partial charge in [0.1, 0.15) is 5.75 Å². The second-order valence-corrected chi connectivity index (χ2v) is 9.80. The van der Waals surface area contributed by atoms with E-state index in [-0.39, 0.29) is 6.61 Å². The van der Waals surface area contributed by atoms with Crippen LogP contribution in [0.1, 0.15) is 13.8 Å². The molecule has 8 heteroatoms. The summed E-state index contributed by atoms with van der Waals surface area (Å²) in [5.74, 6) is -0.526. The van der Waals surface area contributed by atoms with Crippen LogP contribution >= 0.6 is 11.3 Å². The average Bonchev–Trinajstić information content (AvgIpc) is 3.14. The lowest BCUT2D eigenvalue weighted by atomic mass is 10.0. The maximum Gasteiger partial charge on any atom is 0.341 e. The average molecular weight is 432 g/mol. The number of hydrogen-bond acceptors (Lipinski definition) is 5. The van der Waals surface area contributed by atoms with E-state index in [1.807, 2.05) is 41.8 Å². The fraction of sp³-hybridized carbons (Fsp3) is 0.190. The van der Waals surface area contributed by atoms with Gasteiger partial charge in [-0.05, 0) is 54.1 Å². The van der Waals surface area contributed by atoms with E-state index in [2.05, 4.69) is 4.72 Å². The van der Waals surface area contributed by atoms with Crippen molar-refractivity contribution in [3.63, 3.8) is 0 Å². The summed E-state index contributed by atoms with van der Waals surface area (Å²) in [4.78, 5) is 11.4. The third-order valence-electron chi connectivity index (χ3n) is 4.24. The number of sulfonamides is 1. The Labute approximate surface area is 173 Å². The van der Waals surface area contributed by atoms with Gasteiger partial charge in [0.2, 0.25) is 10.0 Å². The first-order valence-electron chi connectivity index (χ1n) is 8.91. The normalized spacial score (nSPS) is 11.4. The summed E-state index contributed by atoms with van der Waals surface area (Å²) in [6.07, 6.45) is 0.